The fourth-order valence-electron chi connectivity index (χ4n) is 4.88. The molecule has 2 fully saturated rings. The highest BCUT2D eigenvalue weighted by Gasteiger charge is 2.52. The van der Waals surface area contributed by atoms with E-state index >= 15 is 0 Å². The number of rotatable bonds is 6. The van der Waals surface area contributed by atoms with Gasteiger partial charge in [0, 0.05) is 16.6 Å². The van der Waals surface area contributed by atoms with Crippen molar-refractivity contribution in [2.75, 3.05) is 25.2 Å². The highest BCUT2D eigenvalue weighted by Crippen LogP contribution is 2.51. The molecule has 1 N–H and O–H groups in total. The number of carbonyl (C=O) groups is 1. The van der Waals surface area contributed by atoms with Gasteiger partial charge < -0.3 is 14.8 Å². The molecule has 1 saturated heterocycles. The van der Waals surface area contributed by atoms with Crippen LogP contribution in [-0.4, -0.2) is 35.7 Å². The summed E-state index contributed by atoms with van der Waals surface area (Å²) in [5, 5.41) is 3.57. The number of hydrogen-bond donors (Lipinski definition) is 1. The van der Waals surface area contributed by atoms with E-state index in [2.05, 4.69) is 15.2 Å². The molecule has 6 rings (SSSR count). The van der Waals surface area contributed by atoms with Crippen molar-refractivity contribution >= 4 is 22.4 Å². The Morgan fingerprint density at radius 1 is 1.12 bits per heavy atom. The molecule has 8 heteroatoms. The monoisotopic (exact) mass is 465 g/mol. The molecule has 2 aliphatic heterocycles. The molecule has 1 atom stereocenters. The van der Waals surface area contributed by atoms with Gasteiger partial charge in [0.05, 0.1) is 11.5 Å². The summed E-state index contributed by atoms with van der Waals surface area (Å²) in [4.78, 5) is 21.0. The smallest absolute Gasteiger partial charge is 0.236 e. The van der Waals surface area contributed by atoms with Crippen molar-refractivity contribution in [3.05, 3.63) is 70.5 Å². The van der Waals surface area contributed by atoms with Crippen LogP contribution in [0.1, 0.15) is 47.7 Å². The molecule has 170 valence electrons. The summed E-state index contributed by atoms with van der Waals surface area (Å²) >= 11 is 1.42. The number of amides is 1. The van der Waals surface area contributed by atoms with Crippen molar-refractivity contribution in [3.63, 3.8) is 0 Å². The summed E-state index contributed by atoms with van der Waals surface area (Å²) in [6, 6.07) is 12.4. The van der Waals surface area contributed by atoms with Crippen molar-refractivity contribution in [2.45, 2.75) is 37.1 Å². The Morgan fingerprint density at radius 2 is 1.91 bits per heavy atom. The Balaban J connectivity index is 1.25. The topological polar surface area (TPSA) is 63.7 Å². The number of likely N-dealkylation sites (tertiary alicyclic amines) is 1. The largest absolute Gasteiger partial charge is 0.454 e. The van der Waals surface area contributed by atoms with E-state index in [0.29, 0.717) is 22.2 Å². The average Bonchev–Trinajstić information content (AvgIpc) is 3.19. The van der Waals surface area contributed by atoms with Crippen molar-refractivity contribution in [3.8, 4) is 11.5 Å². The first kappa shape index (κ1) is 20.6. The molecule has 3 heterocycles. The van der Waals surface area contributed by atoms with Gasteiger partial charge in [0.2, 0.25) is 12.7 Å². The fourth-order valence-corrected chi connectivity index (χ4v) is 5.85. The quantitative estimate of drug-likeness (QED) is 0.563. The van der Waals surface area contributed by atoms with E-state index < -0.39 is 5.41 Å². The maximum absolute atomic E-state index is 14.7. The Morgan fingerprint density at radius 3 is 2.70 bits per heavy atom. The van der Waals surface area contributed by atoms with E-state index in [4.69, 9.17) is 9.47 Å². The maximum Gasteiger partial charge on any atom is 0.236 e. The van der Waals surface area contributed by atoms with E-state index in [-0.39, 0.29) is 24.6 Å². The molecule has 0 radical (unpaired) electrons. The summed E-state index contributed by atoms with van der Waals surface area (Å²) in [7, 11) is 0. The number of carbonyl (C=O) groups excluding carboxylic acids is 1. The molecule has 1 aromatic heterocycles. The first-order valence-corrected chi connectivity index (χ1v) is 12.1. The molecule has 1 saturated carbocycles. The first-order chi connectivity index (χ1) is 16.1. The molecular weight excluding hydrogens is 441 g/mol. The second kappa shape index (κ2) is 8.11. The second-order valence-corrected chi connectivity index (χ2v) is 9.90. The Kier molecular flexibility index (Phi) is 5.07. The molecule has 0 spiro atoms. The molecule has 33 heavy (non-hydrogen) atoms. The van der Waals surface area contributed by atoms with Gasteiger partial charge in [0.1, 0.15) is 5.82 Å². The maximum atomic E-state index is 14.7. The van der Waals surface area contributed by atoms with Crippen LogP contribution >= 0.6 is 11.3 Å². The number of nitrogens with one attached hydrogen (secondary N) is 1. The lowest BCUT2D eigenvalue weighted by atomic mass is 9.94. The zero-order chi connectivity index (χ0) is 22.4. The SMILES string of the molecule is O=C(Nc1ncc(C(c2ccccc2F)N2CCCC2)s1)C1(c2ccc3c(c2)OCO3)CC1. The Hall–Kier alpha value is -2.97. The van der Waals surface area contributed by atoms with Crippen molar-refractivity contribution in [2.24, 2.45) is 0 Å². The minimum absolute atomic E-state index is 0.0640. The predicted molar refractivity (Wildman–Crippen MR) is 123 cm³/mol. The van der Waals surface area contributed by atoms with E-state index in [1.807, 2.05) is 30.3 Å². The number of hydrogen-bond acceptors (Lipinski definition) is 6. The number of nitrogens with zero attached hydrogens (tertiary/aromatic N) is 2. The molecule has 1 aliphatic carbocycles. The highest BCUT2D eigenvalue weighted by atomic mass is 32.1. The number of aromatic nitrogens is 1. The molecule has 3 aromatic rings. The average molecular weight is 466 g/mol. The van der Waals surface area contributed by atoms with Gasteiger partial charge in [0.25, 0.3) is 0 Å². The fraction of sp³-hybridized carbons (Fsp3) is 0.360. The van der Waals surface area contributed by atoms with Gasteiger partial charge in [0.15, 0.2) is 16.6 Å². The van der Waals surface area contributed by atoms with E-state index in [1.165, 1.54) is 17.4 Å². The van der Waals surface area contributed by atoms with Gasteiger partial charge in [-0.25, -0.2) is 9.37 Å². The van der Waals surface area contributed by atoms with Crippen LogP contribution in [-0.2, 0) is 10.2 Å². The number of anilines is 1. The van der Waals surface area contributed by atoms with Gasteiger partial charge >= 0.3 is 0 Å². The molecule has 6 nitrogen and oxygen atoms in total. The molecule has 3 aliphatic rings. The third kappa shape index (κ3) is 3.67. The summed E-state index contributed by atoms with van der Waals surface area (Å²) < 4.78 is 25.6. The molecule has 2 aromatic carbocycles. The lowest BCUT2D eigenvalue weighted by Crippen LogP contribution is -2.27. The summed E-state index contributed by atoms with van der Waals surface area (Å²) in [6.07, 6.45) is 5.54. The molecular formula is C25H24FN3O3S. The predicted octanol–water partition coefficient (Wildman–Crippen LogP) is 4.87. The minimum Gasteiger partial charge on any atom is -0.454 e. The van der Waals surface area contributed by atoms with Crippen LogP contribution in [0.25, 0.3) is 0 Å². The third-order valence-corrected chi connectivity index (χ3v) is 7.79. The number of fused-ring (bicyclic) bond motifs is 1. The summed E-state index contributed by atoms with van der Waals surface area (Å²) in [6.45, 7) is 2.05. The highest BCUT2D eigenvalue weighted by molar-refractivity contribution is 7.15. The van der Waals surface area contributed by atoms with Gasteiger partial charge in [-0.2, -0.15) is 0 Å². The zero-order valence-corrected chi connectivity index (χ0v) is 18.9. The number of halogens is 1. The van der Waals surface area contributed by atoms with Crippen LogP contribution in [0.3, 0.4) is 0 Å². The Bertz CT molecular complexity index is 1200. The summed E-state index contributed by atoms with van der Waals surface area (Å²) in [5.74, 6) is 1.11. The number of ether oxygens (including phenoxy) is 2. The van der Waals surface area contributed by atoms with Crippen LogP contribution in [0.4, 0.5) is 9.52 Å². The van der Waals surface area contributed by atoms with E-state index in [9.17, 15) is 9.18 Å². The minimum atomic E-state index is -0.563. The van der Waals surface area contributed by atoms with Crippen LogP contribution in [0.2, 0.25) is 0 Å². The molecule has 0 bridgehead atoms. The van der Waals surface area contributed by atoms with Crippen LogP contribution in [0.15, 0.2) is 48.7 Å². The second-order valence-electron chi connectivity index (χ2n) is 8.84. The van der Waals surface area contributed by atoms with Gasteiger partial charge in [-0.1, -0.05) is 35.6 Å². The number of thiazole rings is 1. The van der Waals surface area contributed by atoms with E-state index in [1.54, 1.807) is 12.3 Å². The first-order valence-electron chi connectivity index (χ1n) is 11.3. The lowest BCUT2D eigenvalue weighted by Gasteiger charge is -2.27. The standard InChI is InChI=1S/C25H24FN3O3S/c26-18-6-2-1-5-17(18)22(29-11-3-4-12-29)21-14-27-24(33-21)28-23(30)25(9-10-25)16-7-8-19-20(13-16)32-15-31-19/h1-2,5-8,13-14,22H,3-4,9-12,15H2,(H,27,28,30). The van der Waals surface area contributed by atoms with Gasteiger partial charge in [-0.05, 0) is 62.5 Å². The lowest BCUT2D eigenvalue weighted by molar-refractivity contribution is -0.118. The van der Waals surface area contributed by atoms with Gasteiger partial charge in [-0.15, -0.1) is 0 Å². The van der Waals surface area contributed by atoms with Crippen LogP contribution < -0.4 is 14.8 Å². The van der Waals surface area contributed by atoms with Crippen LogP contribution in [0.5, 0.6) is 11.5 Å². The summed E-state index contributed by atoms with van der Waals surface area (Å²) in [5.41, 5.74) is 1.02. The number of benzene rings is 2. The van der Waals surface area contributed by atoms with Crippen molar-refractivity contribution in [1.29, 1.82) is 0 Å². The van der Waals surface area contributed by atoms with Crippen LogP contribution in [0, 0.1) is 5.82 Å². The molecule has 1 unspecified atom stereocenters. The normalized spacial score (nSPS) is 19.4. The van der Waals surface area contributed by atoms with Crippen molar-refractivity contribution < 1.29 is 18.7 Å². The Labute approximate surface area is 195 Å². The third-order valence-electron chi connectivity index (χ3n) is 6.83. The molecule has 1 amide bonds. The van der Waals surface area contributed by atoms with E-state index in [0.717, 1.165) is 49.2 Å². The zero-order valence-electron chi connectivity index (χ0n) is 18.1. The van der Waals surface area contributed by atoms with Gasteiger partial charge in [-0.3, -0.25) is 9.69 Å². The van der Waals surface area contributed by atoms with Crippen molar-refractivity contribution in [1.82, 2.24) is 9.88 Å².